The second-order valence-electron chi connectivity index (χ2n) is 5.52. The van der Waals surface area contributed by atoms with Gasteiger partial charge in [0, 0.05) is 21.2 Å². The minimum Gasteiger partial charge on any atom is -0.375 e. The van der Waals surface area contributed by atoms with Gasteiger partial charge in [0.1, 0.15) is 0 Å². The second kappa shape index (κ2) is 5.64. The van der Waals surface area contributed by atoms with E-state index in [2.05, 4.69) is 5.32 Å². The van der Waals surface area contributed by atoms with E-state index in [0.29, 0.717) is 32.4 Å². The first-order valence-corrected chi connectivity index (χ1v) is 7.70. The molecule has 3 rings (SSSR count). The number of carbonyl (C=O) groups is 2. The fourth-order valence-electron chi connectivity index (χ4n) is 2.68. The van der Waals surface area contributed by atoms with Crippen molar-refractivity contribution in [3.8, 4) is 0 Å². The van der Waals surface area contributed by atoms with Gasteiger partial charge in [0.15, 0.2) is 11.4 Å². The molecule has 1 amide bonds. The summed E-state index contributed by atoms with van der Waals surface area (Å²) in [5, 5.41) is 14.4. The number of fused-ring (bicyclic) bond motifs is 1. The van der Waals surface area contributed by atoms with Crippen LogP contribution in [0.1, 0.15) is 27.9 Å². The predicted octanol–water partition coefficient (Wildman–Crippen LogP) is 3.71. The van der Waals surface area contributed by atoms with Crippen LogP contribution in [0.4, 0.5) is 5.69 Å². The first-order valence-electron chi connectivity index (χ1n) is 6.95. The molecular formula is C17H13Cl2NO3. The minimum absolute atomic E-state index is 0.347. The molecule has 0 fully saturated rings. The first kappa shape index (κ1) is 16.0. The van der Waals surface area contributed by atoms with Crippen LogP contribution in [-0.2, 0) is 10.4 Å². The molecule has 0 radical (unpaired) electrons. The van der Waals surface area contributed by atoms with Crippen molar-refractivity contribution >= 4 is 40.6 Å². The van der Waals surface area contributed by atoms with E-state index in [4.69, 9.17) is 23.2 Å². The lowest BCUT2D eigenvalue weighted by Crippen LogP contribution is -2.36. The molecule has 2 aromatic carbocycles. The maximum absolute atomic E-state index is 12.4. The molecule has 0 spiro atoms. The number of nitrogens with one attached hydrogen (secondary N) is 1. The van der Waals surface area contributed by atoms with Gasteiger partial charge in [-0.2, -0.15) is 0 Å². The van der Waals surface area contributed by atoms with Crippen LogP contribution in [0.2, 0.25) is 10.0 Å². The first-order chi connectivity index (χ1) is 10.8. The molecule has 118 valence electrons. The maximum Gasteiger partial charge on any atom is 0.261 e. The molecule has 1 heterocycles. The van der Waals surface area contributed by atoms with Crippen molar-refractivity contribution in [1.29, 1.82) is 0 Å². The molecule has 6 heteroatoms. The lowest BCUT2D eigenvalue weighted by atomic mass is 9.87. The van der Waals surface area contributed by atoms with Gasteiger partial charge in [0.25, 0.3) is 5.91 Å². The van der Waals surface area contributed by atoms with Gasteiger partial charge in [-0.1, -0.05) is 29.3 Å². The summed E-state index contributed by atoms with van der Waals surface area (Å²) < 4.78 is 0. The SMILES string of the molecule is Cc1c(Cl)ccc2c1NC(=O)[C@]2(O)CC(=O)c1ccc(Cl)cc1. The highest BCUT2D eigenvalue weighted by molar-refractivity contribution is 6.32. The highest BCUT2D eigenvalue weighted by atomic mass is 35.5. The number of amides is 1. The number of carbonyl (C=O) groups excluding carboxylic acids is 2. The number of benzene rings is 2. The summed E-state index contributed by atoms with van der Waals surface area (Å²) in [5.41, 5.74) is -0.0238. The number of halogens is 2. The number of ketones is 1. The largest absolute Gasteiger partial charge is 0.375 e. The Morgan fingerprint density at radius 1 is 1.17 bits per heavy atom. The fourth-order valence-corrected chi connectivity index (χ4v) is 2.96. The number of hydrogen-bond acceptors (Lipinski definition) is 3. The van der Waals surface area contributed by atoms with Crippen molar-refractivity contribution in [2.24, 2.45) is 0 Å². The Morgan fingerprint density at radius 2 is 1.83 bits per heavy atom. The molecule has 0 aromatic heterocycles. The van der Waals surface area contributed by atoms with Crippen LogP contribution in [-0.4, -0.2) is 16.8 Å². The van der Waals surface area contributed by atoms with Crippen molar-refractivity contribution in [2.75, 3.05) is 5.32 Å². The number of Topliss-reactive ketones (excluding diaryl/α,β-unsaturated/α-hetero) is 1. The summed E-state index contributed by atoms with van der Waals surface area (Å²) in [6, 6.07) is 9.48. The van der Waals surface area contributed by atoms with Gasteiger partial charge in [0.2, 0.25) is 0 Å². The van der Waals surface area contributed by atoms with E-state index in [1.165, 1.54) is 0 Å². The summed E-state index contributed by atoms with van der Waals surface area (Å²) >= 11 is 11.8. The van der Waals surface area contributed by atoms with E-state index in [0.717, 1.165) is 0 Å². The maximum atomic E-state index is 12.4. The Hall–Kier alpha value is -1.88. The molecule has 2 N–H and O–H groups in total. The van der Waals surface area contributed by atoms with Gasteiger partial charge in [-0.15, -0.1) is 0 Å². The van der Waals surface area contributed by atoms with Crippen LogP contribution in [0.15, 0.2) is 36.4 Å². The van der Waals surface area contributed by atoms with Crippen molar-refractivity contribution in [3.05, 3.63) is 63.1 Å². The molecule has 0 aliphatic carbocycles. The Labute approximate surface area is 143 Å². The standard InChI is InChI=1S/C17H13Cl2NO3/c1-9-13(19)7-6-12-15(9)20-16(22)17(12,23)8-14(21)10-2-4-11(18)5-3-10/h2-7,23H,8H2,1H3,(H,20,22)/t17-/m0/s1. The Morgan fingerprint density at radius 3 is 2.48 bits per heavy atom. The van der Waals surface area contributed by atoms with Gasteiger partial charge < -0.3 is 10.4 Å². The number of aliphatic hydroxyl groups is 1. The van der Waals surface area contributed by atoms with Gasteiger partial charge in [-0.05, 0) is 42.8 Å². The Balaban J connectivity index is 1.97. The normalized spacial score (nSPS) is 19.4. The monoisotopic (exact) mass is 349 g/mol. The third-order valence-electron chi connectivity index (χ3n) is 4.04. The van der Waals surface area contributed by atoms with Gasteiger partial charge >= 0.3 is 0 Å². The van der Waals surface area contributed by atoms with Gasteiger partial charge in [0.05, 0.1) is 12.1 Å². The summed E-state index contributed by atoms with van der Waals surface area (Å²) in [7, 11) is 0. The molecular weight excluding hydrogens is 337 g/mol. The van der Waals surface area contributed by atoms with Crippen molar-refractivity contribution in [1.82, 2.24) is 0 Å². The third kappa shape index (κ3) is 2.63. The van der Waals surface area contributed by atoms with Gasteiger partial charge in [-0.25, -0.2) is 0 Å². The minimum atomic E-state index is -1.90. The highest BCUT2D eigenvalue weighted by Gasteiger charge is 2.47. The van der Waals surface area contributed by atoms with Crippen molar-refractivity contribution in [3.63, 3.8) is 0 Å². The second-order valence-corrected chi connectivity index (χ2v) is 6.36. The molecule has 1 aliphatic rings. The Kier molecular flexibility index (Phi) is 3.92. The predicted molar refractivity (Wildman–Crippen MR) is 89.1 cm³/mol. The van der Waals surface area contributed by atoms with Crippen molar-refractivity contribution in [2.45, 2.75) is 18.9 Å². The zero-order chi connectivity index (χ0) is 16.8. The van der Waals surface area contributed by atoms with E-state index >= 15 is 0 Å². The number of anilines is 1. The summed E-state index contributed by atoms with van der Waals surface area (Å²) in [4.78, 5) is 24.7. The lowest BCUT2D eigenvalue weighted by molar-refractivity contribution is -0.133. The zero-order valence-electron chi connectivity index (χ0n) is 12.2. The van der Waals surface area contributed by atoms with Crippen LogP contribution >= 0.6 is 23.2 Å². The molecule has 0 bridgehead atoms. The molecule has 1 aliphatic heterocycles. The fraction of sp³-hybridized carbons (Fsp3) is 0.176. The van der Waals surface area contributed by atoms with Gasteiger partial charge in [-0.3, -0.25) is 9.59 Å². The molecule has 23 heavy (non-hydrogen) atoms. The van der Waals surface area contributed by atoms with E-state index in [9.17, 15) is 14.7 Å². The van der Waals surface area contributed by atoms with Crippen LogP contribution in [0.5, 0.6) is 0 Å². The smallest absolute Gasteiger partial charge is 0.261 e. The van der Waals surface area contributed by atoms with Crippen LogP contribution < -0.4 is 5.32 Å². The summed E-state index contributed by atoms with van der Waals surface area (Å²) in [5.74, 6) is -0.972. The average Bonchev–Trinajstić information content (AvgIpc) is 2.76. The number of rotatable bonds is 3. The van der Waals surface area contributed by atoms with Crippen molar-refractivity contribution < 1.29 is 14.7 Å². The molecule has 4 nitrogen and oxygen atoms in total. The van der Waals surface area contributed by atoms with E-state index in [1.54, 1.807) is 43.3 Å². The van der Waals surface area contributed by atoms with Crippen LogP contribution in [0.3, 0.4) is 0 Å². The number of hydrogen-bond donors (Lipinski definition) is 2. The third-order valence-corrected chi connectivity index (χ3v) is 4.70. The van der Waals surface area contributed by atoms with E-state index in [-0.39, 0.29) is 12.2 Å². The molecule has 0 saturated heterocycles. The molecule has 0 saturated carbocycles. The zero-order valence-corrected chi connectivity index (χ0v) is 13.7. The quantitative estimate of drug-likeness (QED) is 0.830. The molecule has 1 atom stereocenters. The molecule has 0 unspecified atom stereocenters. The lowest BCUT2D eigenvalue weighted by Gasteiger charge is -2.20. The average molecular weight is 350 g/mol. The van der Waals surface area contributed by atoms with Crippen LogP contribution in [0.25, 0.3) is 0 Å². The topological polar surface area (TPSA) is 66.4 Å². The molecule has 2 aromatic rings. The Bertz CT molecular complexity index is 817. The summed E-state index contributed by atoms with van der Waals surface area (Å²) in [6.45, 7) is 1.74. The summed E-state index contributed by atoms with van der Waals surface area (Å²) in [6.07, 6.45) is -0.353. The van der Waals surface area contributed by atoms with E-state index < -0.39 is 11.5 Å². The van der Waals surface area contributed by atoms with Crippen LogP contribution in [0, 0.1) is 6.92 Å². The van der Waals surface area contributed by atoms with E-state index in [1.807, 2.05) is 0 Å². The highest BCUT2D eigenvalue weighted by Crippen LogP contribution is 2.42.